The molecule has 4 aliphatic rings. The third-order valence-corrected chi connectivity index (χ3v) is 8.83. The highest BCUT2D eigenvalue weighted by Gasteiger charge is 2.44. The minimum absolute atomic E-state index is 0.0845. The van der Waals surface area contributed by atoms with Gasteiger partial charge in [-0.3, -0.25) is 0 Å². The number of aromatic nitrogens is 4. The molecular weight excluding hydrogens is 553 g/mol. The molecule has 0 amide bonds. The number of ether oxygens (including phenoxy) is 1. The number of aliphatic hydroxyl groups excluding tert-OH is 1. The fourth-order valence-electron chi connectivity index (χ4n) is 6.26. The molecule has 222 valence electrons. The minimum Gasteiger partial charge on any atom is -0.449 e. The van der Waals surface area contributed by atoms with Crippen LogP contribution in [0.2, 0.25) is 0 Å². The summed E-state index contributed by atoms with van der Waals surface area (Å²) >= 11 is 0. The topological polar surface area (TPSA) is 139 Å². The Morgan fingerprint density at radius 2 is 1.77 bits per heavy atom. The number of nitrogens with zero attached hydrogens (tertiary/aromatic N) is 5. The zero-order valence-electron chi connectivity index (χ0n) is 23.9. The number of hydrogen-bond acceptors (Lipinski definition) is 11. The van der Waals surface area contributed by atoms with Crippen LogP contribution in [0.25, 0.3) is 11.5 Å². The monoisotopic (exact) mass is 585 g/mol. The van der Waals surface area contributed by atoms with E-state index in [2.05, 4.69) is 30.7 Å². The van der Waals surface area contributed by atoms with Crippen LogP contribution in [-0.2, 0) is 15.8 Å². The predicted molar refractivity (Wildman–Crippen MR) is 155 cm³/mol. The van der Waals surface area contributed by atoms with Gasteiger partial charge in [-0.25, -0.2) is 19.2 Å². The summed E-state index contributed by atoms with van der Waals surface area (Å²) in [5.74, 6) is 1.21. The Balaban J connectivity index is 1.23. The molecule has 1 atom stereocenters. The molecule has 4 aromatic rings. The second-order valence-corrected chi connectivity index (χ2v) is 12.0. The van der Waals surface area contributed by atoms with Crippen molar-refractivity contribution < 1.29 is 23.6 Å². The van der Waals surface area contributed by atoms with Crippen LogP contribution in [0, 0.1) is 5.82 Å². The second-order valence-electron chi connectivity index (χ2n) is 12.0. The number of aliphatic hydroxyl groups is 1. The molecule has 2 bridgehead atoms. The molecule has 4 aliphatic heterocycles. The molecule has 8 rings (SSSR count). The first-order chi connectivity index (χ1) is 20.7. The largest absolute Gasteiger partial charge is 0.449 e. The highest BCUT2D eigenvalue weighted by Crippen LogP contribution is 2.43. The standard InChI is InChI=1S/C31H32FN7O4/c1-30(2)26-20(28(41)42-30)7-8-24(36-26)35-25-15-22(34-23(17-40)18-3-5-19(32)6-4-18)21(16-33-25)27-37-29(38-43-27)31-9-12-39(13-10-31)14-11-31/h3-8,15-16,23,40H,9-14,17H2,1-2H3,(H2,33,34,35,36)/t23-/m1/s1. The van der Waals surface area contributed by atoms with Gasteiger partial charge in [-0.1, -0.05) is 17.3 Å². The van der Waals surface area contributed by atoms with Crippen molar-refractivity contribution in [2.45, 2.75) is 50.2 Å². The van der Waals surface area contributed by atoms with Crippen LogP contribution in [0.5, 0.6) is 0 Å². The van der Waals surface area contributed by atoms with Gasteiger partial charge in [0.05, 0.1) is 29.5 Å². The van der Waals surface area contributed by atoms with Crippen molar-refractivity contribution >= 4 is 23.3 Å². The first-order valence-electron chi connectivity index (χ1n) is 14.4. The lowest BCUT2D eigenvalue weighted by atomic mass is 9.71. The lowest BCUT2D eigenvalue weighted by Gasteiger charge is -2.46. The summed E-state index contributed by atoms with van der Waals surface area (Å²) in [5.41, 5.74) is 1.89. The van der Waals surface area contributed by atoms with Crippen molar-refractivity contribution in [1.82, 2.24) is 25.0 Å². The fraction of sp³-hybridized carbons (Fsp3) is 0.387. The smallest absolute Gasteiger partial charge is 0.341 e. The number of cyclic esters (lactones) is 1. The SMILES string of the molecule is CC1(C)OC(=O)c2ccc(Nc3cc(N[C@H](CO)c4ccc(F)cc4)c(-c4nc(C56CCN(CC5)CC6)no4)cn3)nc21. The number of carbonyl (C=O) groups excluding carboxylic acids is 1. The molecular formula is C31H32FN7O4. The van der Waals surface area contributed by atoms with E-state index >= 15 is 0 Å². The first-order valence-corrected chi connectivity index (χ1v) is 14.4. The summed E-state index contributed by atoms with van der Waals surface area (Å²) < 4.78 is 24.9. The summed E-state index contributed by atoms with van der Waals surface area (Å²) in [6.07, 6.45) is 4.62. The summed E-state index contributed by atoms with van der Waals surface area (Å²) in [4.78, 5) is 28.8. The van der Waals surface area contributed by atoms with Gasteiger partial charge in [0.15, 0.2) is 5.82 Å². The molecule has 3 N–H and O–H groups in total. The molecule has 1 aromatic carbocycles. The second kappa shape index (κ2) is 10.4. The maximum Gasteiger partial charge on any atom is 0.341 e. The van der Waals surface area contributed by atoms with Crippen LogP contribution >= 0.6 is 0 Å². The van der Waals surface area contributed by atoms with E-state index in [0.717, 1.165) is 38.9 Å². The van der Waals surface area contributed by atoms with E-state index in [4.69, 9.17) is 14.2 Å². The van der Waals surface area contributed by atoms with Crippen molar-refractivity contribution in [2.75, 3.05) is 36.9 Å². The number of halogens is 1. The van der Waals surface area contributed by atoms with Crippen LogP contribution < -0.4 is 10.6 Å². The molecule has 0 unspecified atom stereocenters. The van der Waals surface area contributed by atoms with E-state index in [1.165, 1.54) is 12.1 Å². The zero-order chi connectivity index (χ0) is 29.8. The predicted octanol–water partition coefficient (Wildman–Crippen LogP) is 4.70. The summed E-state index contributed by atoms with van der Waals surface area (Å²) in [6.45, 7) is 6.43. The fourth-order valence-corrected chi connectivity index (χ4v) is 6.26. The quantitative estimate of drug-likeness (QED) is 0.248. The van der Waals surface area contributed by atoms with E-state index in [1.54, 1.807) is 50.4 Å². The number of hydrogen-bond donors (Lipinski definition) is 3. The average molecular weight is 586 g/mol. The van der Waals surface area contributed by atoms with Crippen LogP contribution in [0.1, 0.15) is 66.6 Å². The van der Waals surface area contributed by atoms with Crippen molar-refractivity contribution in [2.24, 2.45) is 0 Å². The van der Waals surface area contributed by atoms with Crippen LogP contribution in [-0.4, -0.2) is 62.3 Å². The molecule has 0 spiro atoms. The van der Waals surface area contributed by atoms with Gasteiger partial charge in [0.2, 0.25) is 0 Å². The molecule has 7 heterocycles. The highest BCUT2D eigenvalue weighted by atomic mass is 19.1. The molecule has 0 radical (unpaired) electrons. The molecule has 12 heteroatoms. The average Bonchev–Trinajstić information content (AvgIpc) is 3.60. The Morgan fingerprint density at radius 1 is 1.02 bits per heavy atom. The van der Waals surface area contributed by atoms with E-state index in [0.29, 0.717) is 51.4 Å². The van der Waals surface area contributed by atoms with Crippen LogP contribution in [0.4, 0.5) is 21.7 Å². The van der Waals surface area contributed by atoms with Gasteiger partial charge in [0.25, 0.3) is 5.89 Å². The van der Waals surface area contributed by atoms with Crippen molar-refractivity contribution in [3.05, 3.63) is 77.1 Å². The van der Waals surface area contributed by atoms with Gasteiger partial charge < -0.3 is 29.9 Å². The Hall–Kier alpha value is -4.42. The van der Waals surface area contributed by atoms with Gasteiger partial charge in [0.1, 0.15) is 28.7 Å². The molecule has 43 heavy (non-hydrogen) atoms. The summed E-state index contributed by atoms with van der Waals surface area (Å²) in [7, 11) is 0. The Bertz CT molecular complexity index is 1670. The first kappa shape index (κ1) is 27.4. The number of pyridine rings is 2. The normalized spacial score (nSPS) is 22.6. The van der Waals surface area contributed by atoms with Gasteiger partial charge >= 0.3 is 5.97 Å². The van der Waals surface area contributed by atoms with Crippen LogP contribution in [0.15, 0.2) is 53.2 Å². The van der Waals surface area contributed by atoms with Crippen molar-refractivity contribution in [3.8, 4) is 11.5 Å². The number of piperidine rings is 3. The molecule has 11 nitrogen and oxygen atoms in total. The number of fused-ring (bicyclic) bond motifs is 4. The summed E-state index contributed by atoms with van der Waals surface area (Å²) in [5, 5.41) is 21.3. The van der Waals surface area contributed by atoms with Crippen LogP contribution in [0.3, 0.4) is 0 Å². The molecule has 0 aliphatic carbocycles. The van der Waals surface area contributed by atoms with Crippen molar-refractivity contribution in [1.29, 1.82) is 0 Å². The van der Waals surface area contributed by atoms with Gasteiger partial charge in [-0.2, -0.15) is 4.98 Å². The number of rotatable bonds is 8. The van der Waals surface area contributed by atoms with Gasteiger partial charge in [0, 0.05) is 17.7 Å². The van der Waals surface area contributed by atoms with Gasteiger partial charge in [-0.15, -0.1) is 0 Å². The third kappa shape index (κ3) is 5.00. The maximum absolute atomic E-state index is 13.6. The maximum atomic E-state index is 13.6. The Labute approximate surface area is 247 Å². The molecule has 3 fully saturated rings. The Kier molecular flexibility index (Phi) is 6.62. The number of benzene rings is 1. The van der Waals surface area contributed by atoms with E-state index in [9.17, 15) is 14.3 Å². The zero-order valence-corrected chi connectivity index (χ0v) is 23.9. The lowest BCUT2D eigenvalue weighted by molar-refractivity contribution is 0.00833. The van der Waals surface area contributed by atoms with E-state index < -0.39 is 17.6 Å². The number of carbonyl (C=O) groups is 1. The van der Waals surface area contributed by atoms with E-state index in [1.807, 2.05) is 0 Å². The lowest BCUT2D eigenvalue weighted by Crippen LogP contribution is -2.51. The minimum atomic E-state index is -0.846. The Morgan fingerprint density at radius 3 is 2.49 bits per heavy atom. The molecule has 3 saturated heterocycles. The molecule has 3 aromatic heterocycles. The number of nitrogens with one attached hydrogen (secondary N) is 2. The summed E-state index contributed by atoms with van der Waals surface area (Å²) in [6, 6.07) is 10.6. The van der Waals surface area contributed by atoms with Gasteiger partial charge in [-0.05, 0) is 82.6 Å². The van der Waals surface area contributed by atoms with Crippen molar-refractivity contribution in [3.63, 3.8) is 0 Å². The number of anilines is 3. The number of esters is 1. The highest BCUT2D eigenvalue weighted by molar-refractivity contribution is 5.94. The third-order valence-electron chi connectivity index (χ3n) is 8.83. The van der Waals surface area contributed by atoms with E-state index in [-0.39, 0.29) is 17.8 Å². The molecule has 0 saturated carbocycles.